The second kappa shape index (κ2) is 8.95. The topological polar surface area (TPSA) is 84.5 Å². The van der Waals surface area contributed by atoms with Crippen LogP contribution in [0, 0.1) is 0 Å². The zero-order valence-corrected chi connectivity index (χ0v) is 21.7. The van der Waals surface area contributed by atoms with Gasteiger partial charge in [0.25, 0.3) is 5.56 Å². The third kappa shape index (κ3) is 3.57. The summed E-state index contributed by atoms with van der Waals surface area (Å²) in [7, 11) is 0. The van der Waals surface area contributed by atoms with Crippen molar-refractivity contribution in [2.75, 3.05) is 0 Å². The van der Waals surface area contributed by atoms with Crippen LogP contribution in [0.15, 0.2) is 71.5 Å². The Balaban J connectivity index is 1.49. The number of aromatic nitrogens is 4. The molecule has 2 aromatic carbocycles. The Kier molecular flexibility index (Phi) is 5.40. The molecule has 8 nitrogen and oxygen atoms in total. The van der Waals surface area contributed by atoms with Crippen molar-refractivity contribution in [3.63, 3.8) is 0 Å². The van der Waals surface area contributed by atoms with E-state index in [1.165, 1.54) is 11.8 Å². The highest BCUT2D eigenvalue weighted by Crippen LogP contribution is 2.37. The van der Waals surface area contributed by atoms with Crippen molar-refractivity contribution in [2.24, 2.45) is 0 Å². The Labute approximate surface area is 222 Å². The molecule has 2 aliphatic rings. The maximum absolute atomic E-state index is 14.0. The first-order chi connectivity index (χ1) is 18.6. The molecule has 4 heterocycles. The monoisotopic (exact) mass is 522 g/mol. The fourth-order valence-corrected chi connectivity index (χ4v) is 7.01. The van der Waals surface area contributed by atoms with Crippen molar-refractivity contribution in [1.82, 2.24) is 29.6 Å². The van der Waals surface area contributed by atoms with Crippen LogP contribution in [-0.4, -0.2) is 30.1 Å². The van der Waals surface area contributed by atoms with Crippen molar-refractivity contribution in [3.05, 3.63) is 104 Å². The standard InChI is InChI=1S/C29H26N6O2S/c1-18(36)35-23(16-22(32-35)20-12-6-3-7-13-20)26-30-31-29-33(17-19-10-4-2-5-11-19)27(37)25-21-14-8-9-15-24(21)38-28(25)34(26)29/h2-7,10-13,16,23,32H,8-9,14-15,17H2,1H3. The third-order valence-corrected chi connectivity index (χ3v) is 8.72. The van der Waals surface area contributed by atoms with E-state index in [0.29, 0.717) is 18.1 Å². The minimum Gasteiger partial charge on any atom is -0.295 e. The second-order valence-electron chi connectivity index (χ2n) is 9.85. The average molecular weight is 523 g/mol. The second-order valence-corrected chi connectivity index (χ2v) is 10.9. The Morgan fingerprint density at radius 2 is 1.76 bits per heavy atom. The molecule has 0 saturated carbocycles. The summed E-state index contributed by atoms with van der Waals surface area (Å²) in [6.45, 7) is 1.93. The van der Waals surface area contributed by atoms with E-state index in [1.54, 1.807) is 20.9 Å². The molecular formula is C29H26N6O2S. The molecule has 3 aromatic heterocycles. The smallest absolute Gasteiger partial charge is 0.264 e. The van der Waals surface area contributed by atoms with Crippen molar-refractivity contribution in [3.8, 4) is 0 Å². The predicted molar refractivity (Wildman–Crippen MR) is 148 cm³/mol. The van der Waals surface area contributed by atoms with E-state index >= 15 is 0 Å². The number of amides is 1. The maximum atomic E-state index is 14.0. The summed E-state index contributed by atoms with van der Waals surface area (Å²) < 4.78 is 3.74. The molecule has 1 amide bonds. The molecule has 0 bridgehead atoms. The minimum absolute atomic E-state index is 0.0248. The van der Waals surface area contributed by atoms with Crippen molar-refractivity contribution in [1.29, 1.82) is 0 Å². The lowest BCUT2D eigenvalue weighted by Crippen LogP contribution is -2.38. The number of fused-ring (bicyclic) bond motifs is 5. The highest BCUT2D eigenvalue weighted by atomic mass is 32.1. The number of rotatable bonds is 4. The van der Waals surface area contributed by atoms with Gasteiger partial charge in [0.05, 0.1) is 17.6 Å². The van der Waals surface area contributed by atoms with E-state index in [4.69, 9.17) is 0 Å². The molecule has 1 atom stereocenters. The largest absolute Gasteiger partial charge is 0.295 e. The van der Waals surface area contributed by atoms with Gasteiger partial charge >= 0.3 is 0 Å². The number of hydrogen-bond acceptors (Lipinski definition) is 6. The zero-order valence-electron chi connectivity index (χ0n) is 20.9. The number of nitrogens with zero attached hydrogens (tertiary/aromatic N) is 5. The number of carbonyl (C=O) groups excluding carboxylic acids is 1. The SMILES string of the molecule is CC(=O)N1NC(c2ccccc2)=CC1c1nnc2n(Cc3ccccc3)c(=O)c3c4c(sc3n12)CCCC4. The molecule has 1 aliphatic heterocycles. The molecule has 0 spiro atoms. The van der Waals surface area contributed by atoms with Crippen LogP contribution >= 0.6 is 11.3 Å². The van der Waals surface area contributed by atoms with Crippen LogP contribution in [0.5, 0.6) is 0 Å². The molecule has 9 heteroatoms. The molecule has 7 rings (SSSR count). The summed E-state index contributed by atoms with van der Waals surface area (Å²) >= 11 is 1.67. The predicted octanol–water partition coefficient (Wildman–Crippen LogP) is 4.48. The summed E-state index contributed by atoms with van der Waals surface area (Å²) in [5.74, 6) is 0.970. The molecule has 190 valence electrons. The van der Waals surface area contributed by atoms with E-state index in [1.807, 2.05) is 71.1 Å². The van der Waals surface area contributed by atoms with Crippen LogP contribution in [0.25, 0.3) is 21.7 Å². The first kappa shape index (κ1) is 22.9. The fraction of sp³-hybridized carbons (Fsp3) is 0.241. The van der Waals surface area contributed by atoms with Gasteiger partial charge < -0.3 is 0 Å². The molecule has 38 heavy (non-hydrogen) atoms. The van der Waals surface area contributed by atoms with Gasteiger partial charge in [-0.25, -0.2) is 5.01 Å². The number of hydrazine groups is 1. The molecular weight excluding hydrogens is 496 g/mol. The van der Waals surface area contributed by atoms with E-state index < -0.39 is 6.04 Å². The lowest BCUT2D eigenvalue weighted by molar-refractivity contribution is -0.132. The first-order valence-electron chi connectivity index (χ1n) is 12.9. The molecule has 1 unspecified atom stereocenters. The quantitative estimate of drug-likeness (QED) is 0.376. The van der Waals surface area contributed by atoms with Crippen LogP contribution in [0.4, 0.5) is 0 Å². The van der Waals surface area contributed by atoms with E-state index in [0.717, 1.165) is 58.3 Å². The maximum Gasteiger partial charge on any atom is 0.264 e. The van der Waals surface area contributed by atoms with Crippen LogP contribution < -0.4 is 11.0 Å². The minimum atomic E-state index is -0.484. The average Bonchev–Trinajstić information content (AvgIpc) is 3.67. The highest BCUT2D eigenvalue weighted by molar-refractivity contribution is 7.18. The number of thiophene rings is 1. The fourth-order valence-electron chi connectivity index (χ4n) is 5.62. The normalized spacial score (nSPS) is 17.0. The molecule has 0 fully saturated rings. The lowest BCUT2D eigenvalue weighted by atomic mass is 9.97. The van der Waals surface area contributed by atoms with Crippen molar-refractivity contribution >= 4 is 38.9 Å². The lowest BCUT2D eigenvalue weighted by Gasteiger charge is -2.22. The van der Waals surface area contributed by atoms with Gasteiger partial charge in [-0.1, -0.05) is 60.7 Å². The number of hydrogen-bond donors (Lipinski definition) is 1. The molecule has 1 aliphatic carbocycles. The van der Waals surface area contributed by atoms with Gasteiger partial charge in [-0.05, 0) is 48.4 Å². The Morgan fingerprint density at radius 1 is 1.03 bits per heavy atom. The van der Waals surface area contributed by atoms with Gasteiger partial charge in [0.1, 0.15) is 10.9 Å². The Bertz CT molecular complexity index is 1780. The highest BCUT2D eigenvalue weighted by Gasteiger charge is 2.34. The van der Waals surface area contributed by atoms with Gasteiger partial charge in [0.15, 0.2) is 5.82 Å². The summed E-state index contributed by atoms with van der Waals surface area (Å²) in [5, 5.41) is 11.5. The molecule has 0 saturated heterocycles. The van der Waals surface area contributed by atoms with Gasteiger partial charge in [0, 0.05) is 11.8 Å². The summed E-state index contributed by atoms with van der Waals surface area (Å²) in [5.41, 5.74) is 7.24. The van der Waals surface area contributed by atoms with Gasteiger partial charge in [0.2, 0.25) is 11.7 Å². The third-order valence-electron chi connectivity index (χ3n) is 7.44. The van der Waals surface area contributed by atoms with E-state index in [9.17, 15) is 9.59 Å². The summed E-state index contributed by atoms with van der Waals surface area (Å²) in [4.78, 5) is 28.9. The number of carbonyl (C=O) groups is 1. The molecule has 0 radical (unpaired) electrons. The van der Waals surface area contributed by atoms with Crippen LogP contribution in [0.2, 0.25) is 0 Å². The van der Waals surface area contributed by atoms with Gasteiger partial charge in [-0.15, -0.1) is 21.5 Å². The van der Waals surface area contributed by atoms with Crippen molar-refractivity contribution in [2.45, 2.75) is 45.2 Å². The molecule has 5 aromatic rings. The zero-order chi connectivity index (χ0) is 25.8. The number of aryl methyl sites for hydroxylation is 2. The van der Waals surface area contributed by atoms with Crippen molar-refractivity contribution < 1.29 is 4.79 Å². The Hall–Kier alpha value is -4.24. The van der Waals surface area contributed by atoms with E-state index in [2.05, 4.69) is 15.6 Å². The van der Waals surface area contributed by atoms with Crippen LogP contribution in [0.1, 0.15) is 53.2 Å². The summed E-state index contributed by atoms with van der Waals surface area (Å²) in [6, 6.07) is 19.4. The van der Waals surface area contributed by atoms with Gasteiger partial charge in [-0.3, -0.25) is 24.0 Å². The van der Waals surface area contributed by atoms with E-state index in [-0.39, 0.29) is 11.5 Å². The van der Waals surface area contributed by atoms with Crippen LogP contribution in [0.3, 0.4) is 0 Å². The first-order valence-corrected chi connectivity index (χ1v) is 13.7. The number of nitrogens with one attached hydrogen (secondary N) is 1. The van der Waals surface area contributed by atoms with Gasteiger partial charge in [-0.2, -0.15) is 0 Å². The number of benzene rings is 2. The Morgan fingerprint density at radius 3 is 2.53 bits per heavy atom. The molecule has 1 N–H and O–H groups in total. The van der Waals surface area contributed by atoms with Crippen LogP contribution in [-0.2, 0) is 24.2 Å². The summed E-state index contributed by atoms with van der Waals surface area (Å²) in [6.07, 6.45) is 6.11.